The molecule has 1 aromatic heterocycles. The number of carbonyl (C=O) groups is 3. The predicted octanol–water partition coefficient (Wildman–Crippen LogP) is 1.94. The van der Waals surface area contributed by atoms with E-state index in [2.05, 4.69) is 10.4 Å². The second-order valence-corrected chi connectivity index (χ2v) is 8.06. The van der Waals surface area contributed by atoms with Gasteiger partial charge in [0.05, 0.1) is 12.3 Å². The number of amides is 2. The summed E-state index contributed by atoms with van der Waals surface area (Å²) in [5.74, 6) is -0.0965. The Hall–Kier alpha value is -3.36. The van der Waals surface area contributed by atoms with Crippen LogP contribution < -0.4 is 10.1 Å². The Morgan fingerprint density at radius 2 is 1.94 bits per heavy atom. The summed E-state index contributed by atoms with van der Waals surface area (Å²) in [6, 6.07) is 10.2. The van der Waals surface area contributed by atoms with Crippen LogP contribution in [-0.4, -0.2) is 64.8 Å². The van der Waals surface area contributed by atoms with E-state index in [1.807, 2.05) is 30.3 Å². The number of nitrogens with zero attached hydrogens (tertiary/aromatic N) is 3. The maximum atomic E-state index is 12.9. The molecule has 0 unspecified atom stereocenters. The number of benzene rings is 1. The third-order valence-electron chi connectivity index (χ3n) is 5.64. The normalized spacial score (nSPS) is 17.8. The smallest absolute Gasteiger partial charge is 0.358 e. The monoisotopic (exact) mass is 440 g/mol. The molecule has 1 saturated carbocycles. The van der Waals surface area contributed by atoms with Crippen molar-refractivity contribution in [2.45, 2.75) is 38.6 Å². The zero-order valence-corrected chi connectivity index (χ0v) is 18.2. The zero-order valence-electron chi connectivity index (χ0n) is 18.2. The van der Waals surface area contributed by atoms with E-state index in [1.54, 1.807) is 11.8 Å². The van der Waals surface area contributed by atoms with Crippen LogP contribution in [-0.2, 0) is 14.3 Å². The molecule has 2 amide bonds. The Bertz CT molecular complexity index is 970. The van der Waals surface area contributed by atoms with Crippen LogP contribution in [0, 0.1) is 5.92 Å². The molecule has 2 fully saturated rings. The van der Waals surface area contributed by atoms with Crippen molar-refractivity contribution in [2.24, 2.45) is 5.92 Å². The van der Waals surface area contributed by atoms with Crippen molar-refractivity contribution in [1.82, 2.24) is 20.0 Å². The van der Waals surface area contributed by atoms with Gasteiger partial charge in [0, 0.05) is 19.2 Å². The lowest BCUT2D eigenvalue weighted by molar-refractivity contribution is -0.140. The average Bonchev–Trinajstić information content (AvgIpc) is 3.33. The van der Waals surface area contributed by atoms with Crippen molar-refractivity contribution in [3.8, 4) is 11.6 Å². The minimum Gasteiger partial charge on any atom is -0.467 e. The first-order valence-corrected chi connectivity index (χ1v) is 11.1. The molecule has 9 heteroatoms. The van der Waals surface area contributed by atoms with Crippen LogP contribution in [0.15, 0.2) is 36.4 Å². The highest BCUT2D eigenvalue weighted by molar-refractivity contribution is 5.89. The van der Waals surface area contributed by atoms with E-state index >= 15 is 0 Å². The van der Waals surface area contributed by atoms with E-state index in [0.717, 1.165) is 19.3 Å². The molecule has 0 radical (unpaired) electrons. The van der Waals surface area contributed by atoms with Crippen LogP contribution in [0.2, 0.25) is 0 Å². The highest BCUT2D eigenvalue weighted by Gasteiger charge is 2.35. The number of para-hydroxylation sites is 1. The van der Waals surface area contributed by atoms with Gasteiger partial charge in [-0.05, 0) is 50.7 Å². The Morgan fingerprint density at radius 3 is 2.66 bits per heavy atom. The molecule has 4 rings (SSSR count). The molecule has 1 N–H and O–H groups in total. The fourth-order valence-electron chi connectivity index (χ4n) is 3.77. The lowest BCUT2D eigenvalue weighted by Crippen LogP contribution is -2.47. The molecular formula is C23H28N4O5. The standard InChI is InChI=1S/C23H28N4O5/c1-2-31-23(30)18-13-21(27(25-18)17-7-4-3-5-8-17)32-15-20(28)26-12-6-9-19(26)22(29)24-14-16-10-11-16/h3-5,7-8,13,16,19H,2,6,9-12,14-15H2,1H3,(H,24,29)/t19-/m0/s1. The SMILES string of the molecule is CCOC(=O)c1cc(OCC(=O)N2CCC[C@H]2C(=O)NCC2CC2)n(-c2ccccc2)n1. The third-order valence-corrected chi connectivity index (χ3v) is 5.64. The van der Waals surface area contributed by atoms with E-state index in [0.29, 0.717) is 31.1 Å². The van der Waals surface area contributed by atoms with Gasteiger partial charge in [0.15, 0.2) is 12.3 Å². The number of ether oxygens (including phenoxy) is 2. The van der Waals surface area contributed by atoms with Crippen LogP contribution in [0.5, 0.6) is 5.88 Å². The highest BCUT2D eigenvalue weighted by Crippen LogP contribution is 2.28. The van der Waals surface area contributed by atoms with E-state index < -0.39 is 12.0 Å². The number of hydrogen-bond acceptors (Lipinski definition) is 6. The molecule has 170 valence electrons. The first-order valence-electron chi connectivity index (χ1n) is 11.1. The number of likely N-dealkylation sites (tertiary alicyclic amines) is 1. The first kappa shape index (κ1) is 21.9. The third kappa shape index (κ3) is 5.09. The average molecular weight is 441 g/mol. The Labute approximate surface area is 186 Å². The molecule has 2 aromatic rings. The highest BCUT2D eigenvalue weighted by atomic mass is 16.5. The Balaban J connectivity index is 1.44. The van der Waals surface area contributed by atoms with Gasteiger partial charge in [-0.2, -0.15) is 5.10 Å². The Morgan fingerprint density at radius 1 is 1.16 bits per heavy atom. The number of hydrogen-bond donors (Lipinski definition) is 1. The molecule has 0 bridgehead atoms. The molecule has 1 aliphatic carbocycles. The molecular weight excluding hydrogens is 412 g/mol. The molecule has 9 nitrogen and oxygen atoms in total. The van der Waals surface area contributed by atoms with Crippen molar-refractivity contribution in [1.29, 1.82) is 0 Å². The second kappa shape index (κ2) is 9.84. The van der Waals surface area contributed by atoms with Gasteiger partial charge in [-0.1, -0.05) is 18.2 Å². The largest absolute Gasteiger partial charge is 0.467 e. The van der Waals surface area contributed by atoms with E-state index in [9.17, 15) is 14.4 Å². The van der Waals surface area contributed by atoms with Crippen molar-refractivity contribution >= 4 is 17.8 Å². The quantitative estimate of drug-likeness (QED) is 0.598. The summed E-state index contributed by atoms with van der Waals surface area (Å²) in [4.78, 5) is 39.1. The van der Waals surface area contributed by atoms with Crippen LogP contribution in [0.25, 0.3) is 5.69 Å². The van der Waals surface area contributed by atoms with Gasteiger partial charge in [0.25, 0.3) is 5.91 Å². The molecule has 2 heterocycles. The summed E-state index contributed by atoms with van der Waals surface area (Å²) >= 11 is 0. The van der Waals surface area contributed by atoms with Crippen LogP contribution in [0.1, 0.15) is 43.1 Å². The summed E-state index contributed by atoms with van der Waals surface area (Å²) < 4.78 is 12.3. The molecule has 32 heavy (non-hydrogen) atoms. The maximum absolute atomic E-state index is 12.9. The van der Waals surface area contributed by atoms with Gasteiger partial charge in [-0.15, -0.1) is 0 Å². The molecule has 1 aromatic carbocycles. The molecule has 0 spiro atoms. The van der Waals surface area contributed by atoms with Crippen molar-refractivity contribution in [2.75, 3.05) is 26.3 Å². The van der Waals surface area contributed by atoms with E-state index in [4.69, 9.17) is 9.47 Å². The van der Waals surface area contributed by atoms with Gasteiger partial charge in [-0.3, -0.25) is 9.59 Å². The molecule has 1 aliphatic heterocycles. The number of carbonyl (C=O) groups excluding carboxylic acids is 3. The number of esters is 1. The Kier molecular flexibility index (Phi) is 6.72. The molecule has 1 atom stereocenters. The summed E-state index contributed by atoms with van der Waals surface area (Å²) in [5.41, 5.74) is 0.778. The second-order valence-electron chi connectivity index (χ2n) is 8.06. The van der Waals surface area contributed by atoms with Crippen LogP contribution in [0.3, 0.4) is 0 Å². The maximum Gasteiger partial charge on any atom is 0.358 e. The van der Waals surface area contributed by atoms with Gasteiger partial charge in [-0.25, -0.2) is 9.48 Å². The van der Waals surface area contributed by atoms with E-state index in [1.165, 1.54) is 10.7 Å². The molecule has 2 aliphatic rings. The first-order chi connectivity index (χ1) is 15.6. The van der Waals surface area contributed by atoms with Crippen LogP contribution >= 0.6 is 0 Å². The fraction of sp³-hybridized carbons (Fsp3) is 0.478. The van der Waals surface area contributed by atoms with Crippen molar-refractivity contribution in [3.63, 3.8) is 0 Å². The lowest BCUT2D eigenvalue weighted by atomic mass is 10.2. The number of rotatable bonds is 9. The summed E-state index contributed by atoms with van der Waals surface area (Å²) in [5, 5.41) is 7.26. The van der Waals surface area contributed by atoms with Gasteiger partial charge >= 0.3 is 5.97 Å². The number of aromatic nitrogens is 2. The summed E-state index contributed by atoms with van der Waals surface area (Å²) in [6.45, 7) is 2.89. The van der Waals surface area contributed by atoms with Gasteiger partial charge < -0.3 is 19.7 Å². The minimum absolute atomic E-state index is 0.0941. The van der Waals surface area contributed by atoms with Crippen molar-refractivity contribution < 1.29 is 23.9 Å². The number of nitrogens with one attached hydrogen (secondary N) is 1. The lowest BCUT2D eigenvalue weighted by Gasteiger charge is -2.24. The fourth-order valence-corrected chi connectivity index (χ4v) is 3.77. The van der Waals surface area contributed by atoms with E-state index in [-0.39, 0.29) is 36.6 Å². The summed E-state index contributed by atoms with van der Waals surface area (Å²) in [7, 11) is 0. The van der Waals surface area contributed by atoms with Crippen LogP contribution in [0.4, 0.5) is 0 Å². The predicted molar refractivity (Wildman–Crippen MR) is 115 cm³/mol. The molecule has 1 saturated heterocycles. The van der Waals surface area contributed by atoms with Gasteiger partial charge in [0.1, 0.15) is 6.04 Å². The summed E-state index contributed by atoms with van der Waals surface area (Å²) in [6.07, 6.45) is 3.74. The minimum atomic E-state index is -0.565. The topological polar surface area (TPSA) is 103 Å². The van der Waals surface area contributed by atoms with Crippen molar-refractivity contribution in [3.05, 3.63) is 42.1 Å². The zero-order chi connectivity index (χ0) is 22.5. The van der Waals surface area contributed by atoms with Gasteiger partial charge in [0.2, 0.25) is 11.8 Å².